The van der Waals surface area contributed by atoms with Crippen LogP contribution in [0.2, 0.25) is 5.02 Å². The molecule has 166 valence electrons. The lowest BCUT2D eigenvalue weighted by Gasteiger charge is -2.11. The van der Waals surface area contributed by atoms with Gasteiger partial charge in [-0.1, -0.05) is 47.5 Å². The van der Waals surface area contributed by atoms with Crippen LogP contribution in [0, 0.1) is 6.92 Å². The summed E-state index contributed by atoms with van der Waals surface area (Å²) in [5, 5.41) is 3.17. The van der Waals surface area contributed by atoms with Crippen molar-refractivity contribution in [3.63, 3.8) is 0 Å². The molecule has 0 spiro atoms. The molecule has 0 aliphatic heterocycles. The Morgan fingerprint density at radius 2 is 1.62 bits per heavy atom. The highest BCUT2D eigenvalue weighted by Gasteiger charge is 2.18. The largest absolute Gasteiger partial charge is 0.376 e. The van der Waals surface area contributed by atoms with Crippen LogP contribution in [0.4, 0.5) is 11.4 Å². The highest BCUT2D eigenvalue weighted by Crippen LogP contribution is 2.24. The lowest BCUT2D eigenvalue weighted by Crippen LogP contribution is -2.44. The van der Waals surface area contributed by atoms with E-state index in [0.29, 0.717) is 0 Å². The van der Waals surface area contributed by atoms with E-state index in [1.165, 1.54) is 30.3 Å². The van der Waals surface area contributed by atoms with Gasteiger partial charge in [-0.2, -0.15) is 0 Å². The molecule has 0 fully saturated rings. The fraction of sp³-hybridized carbons (Fsp3) is 0.0909. The Labute approximate surface area is 191 Å². The Morgan fingerprint density at radius 1 is 0.906 bits per heavy atom. The molecule has 0 saturated carbocycles. The third-order valence-corrected chi connectivity index (χ3v) is 6.04. The highest BCUT2D eigenvalue weighted by molar-refractivity contribution is 7.92. The third kappa shape index (κ3) is 6.22. The molecule has 0 aliphatic carbocycles. The summed E-state index contributed by atoms with van der Waals surface area (Å²) in [6, 6.07) is 19.3. The van der Waals surface area contributed by atoms with Crippen LogP contribution in [0.25, 0.3) is 0 Å². The standard InChI is InChI=1S/C22H21ClN4O4S/c1-15-9-11-17(12-10-15)24-14-21(28)25-26-22(29)16-5-4-6-18(13-16)32(30,31)27-20-8-3-2-7-19(20)23/h2-13,24,27H,14H2,1H3,(H,25,28)(H,26,29). The minimum Gasteiger partial charge on any atom is -0.376 e. The predicted octanol–water partition coefficient (Wildman–Crippen LogP) is 3.32. The Morgan fingerprint density at radius 3 is 2.34 bits per heavy atom. The Hall–Kier alpha value is -3.56. The molecule has 3 rings (SSSR count). The molecule has 0 bridgehead atoms. The molecular weight excluding hydrogens is 452 g/mol. The number of carbonyl (C=O) groups is 2. The maximum Gasteiger partial charge on any atom is 0.269 e. The maximum absolute atomic E-state index is 12.7. The van der Waals surface area contributed by atoms with Gasteiger partial charge < -0.3 is 5.32 Å². The van der Waals surface area contributed by atoms with E-state index >= 15 is 0 Å². The van der Waals surface area contributed by atoms with E-state index in [2.05, 4.69) is 20.9 Å². The first-order chi connectivity index (χ1) is 15.2. The Bertz CT molecular complexity index is 1230. The number of benzene rings is 3. The molecule has 32 heavy (non-hydrogen) atoms. The van der Waals surface area contributed by atoms with E-state index < -0.39 is 21.8 Å². The van der Waals surface area contributed by atoms with Crippen LogP contribution in [-0.4, -0.2) is 26.8 Å². The van der Waals surface area contributed by atoms with Gasteiger partial charge in [-0.15, -0.1) is 0 Å². The molecular formula is C22H21ClN4O4S. The van der Waals surface area contributed by atoms with Gasteiger partial charge in [0.2, 0.25) is 0 Å². The average molecular weight is 473 g/mol. The van der Waals surface area contributed by atoms with Crippen molar-refractivity contribution < 1.29 is 18.0 Å². The molecule has 0 radical (unpaired) electrons. The summed E-state index contributed by atoms with van der Waals surface area (Å²) in [5.41, 5.74) is 6.69. The minimum atomic E-state index is -3.98. The molecule has 4 N–H and O–H groups in total. The molecule has 10 heteroatoms. The first-order valence-electron chi connectivity index (χ1n) is 9.52. The van der Waals surface area contributed by atoms with Crippen molar-refractivity contribution in [3.05, 3.63) is 88.9 Å². The summed E-state index contributed by atoms with van der Waals surface area (Å²) in [6.45, 7) is 1.90. The number of para-hydroxylation sites is 1. The van der Waals surface area contributed by atoms with Crippen LogP contribution in [0.15, 0.2) is 77.7 Å². The Balaban J connectivity index is 1.59. The molecule has 8 nitrogen and oxygen atoms in total. The molecule has 3 aromatic rings. The smallest absolute Gasteiger partial charge is 0.269 e. The number of nitrogens with one attached hydrogen (secondary N) is 4. The number of rotatable bonds is 7. The van der Waals surface area contributed by atoms with E-state index in [1.807, 2.05) is 31.2 Å². The topological polar surface area (TPSA) is 116 Å². The van der Waals surface area contributed by atoms with Gasteiger partial charge >= 0.3 is 0 Å². The molecule has 3 aromatic carbocycles. The van der Waals surface area contributed by atoms with Gasteiger partial charge in [0.15, 0.2) is 0 Å². The number of halogens is 1. The number of sulfonamides is 1. The van der Waals surface area contributed by atoms with Gasteiger partial charge in [0.1, 0.15) is 0 Å². The first-order valence-corrected chi connectivity index (χ1v) is 11.4. The SMILES string of the molecule is Cc1ccc(NCC(=O)NNC(=O)c2cccc(S(=O)(=O)Nc3ccccc3Cl)c2)cc1. The van der Waals surface area contributed by atoms with E-state index in [-0.39, 0.29) is 27.7 Å². The molecule has 0 unspecified atom stereocenters. The van der Waals surface area contributed by atoms with Gasteiger partial charge in [-0.25, -0.2) is 8.42 Å². The second-order valence-corrected chi connectivity index (χ2v) is 8.92. The van der Waals surface area contributed by atoms with Gasteiger partial charge in [0, 0.05) is 11.3 Å². The predicted molar refractivity (Wildman–Crippen MR) is 124 cm³/mol. The summed E-state index contributed by atoms with van der Waals surface area (Å²) in [6.07, 6.45) is 0. The van der Waals surface area contributed by atoms with Crippen molar-refractivity contribution >= 4 is 44.8 Å². The average Bonchev–Trinajstić information content (AvgIpc) is 2.78. The van der Waals surface area contributed by atoms with Crippen LogP contribution in [0.1, 0.15) is 15.9 Å². The molecule has 0 aromatic heterocycles. The summed E-state index contributed by atoms with van der Waals surface area (Å²) in [4.78, 5) is 24.2. The quantitative estimate of drug-likeness (QED) is 0.393. The number of anilines is 2. The first kappa shape index (κ1) is 23.1. The fourth-order valence-corrected chi connectivity index (χ4v) is 4.01. The normalized spacial score (nSPS) is 10.8. The summed E-state index contributed by atoms with van der Waals surface area (Å²) < 4.78 is 27.7. The lowest BCUT2D eigenvalue weighted by atomic mass is 10.2. The summed E-state index contributed by atoms with van der Waals surface area (Å²) >= 11 is 6.01. The van der Waals surface area contributed by atoms with Crippen LogP contribution >= 0.6 is 11.6 Å². The maximum atomic E-state index is 12.7. The van der Waals surface area contributed by atoms with Crippen molar-refractivity contribution in [2.45, 2.75) is 11.8 Å². The van der Waals surface area contributed by atoms with E-state index in [4.69, 9.17) is 11.6 Å². The van der Waals surface area contributed by atoms with E-state index in [0.717, 1.165) is 11.3 Å². The fourth-order valence-electron chi connectivity index (χ4n) is 2.65. The zero-order valence-corrected chi connectivity index (χ0v) is 18.6. The molecule has 2 amide bonds. The monoisotopic (exact) mass is 472 g/mol. The summed E-state index contributed by atoms with van der Waals surface area (Å²) in [5.74, 6) is -1.13. The summed E-state index contributed by atoms with van der Waals surface area (Å²) in [7, 11) is -3.98. The van der Waals surface area contributed by atoms with E-state index in [1.54, 1.807) is 18.2 Å². The number of hydrogen-bond acceptors (Lipinski definition) is 5. The van der Waals surface area contributed by atoms with Crippen LogP contribution < -0.4 is 20.9 Å². The van der Waals surface area contributed by atoms with Gasteiger partial charge in [-0.05, 0) is 49.4 Å². The molecule has 0 aliphatic rings. The highest BCUT2D eigenvalue weighted by atomic mass is 35.5. The van der Waals surface area contributed by atoms with Crippen LogP contribution in [0.5, 0.6) is 0 Å². The number of hydrazine groups is 1. The van der Waals surface area contributed by atoms with Crippen molar-refractivity contribution in [3.8, 4) is 0 Å². The van der Waals surface area contributed by atoms with Gasteiger partial charge in [-0.3, -0.25) is 25.2 Å². The van der Waals surface area contributed by atoms with Gasteiger partial charge in [0.05, 0.1) is 22.2 Å². The number of hydrogen-bond donors (Lipinski definition) is 4. The van der Waals surface area contributed by atoms with Crippen molar-refractivity contribution in [2.24, 2.45) is 0 Å². The Kier molecular flexibility index (Phi) is 7.34. The van der Waals surface area contributed by atoms with Crippen LogP contribution in [0.3, 0.4) is 0 Å². The van der Waals surface area contributed by atoms with Crippen molar-refractivity contribution in [1.29, 1.82) is 0 Å². The number of carbonyl (C=O) groups excluding carboxylic acids is 2. The van der Waals surface area contributed by atoms with Crippen molar-refractivity contribution in [1.82, 2.24) is 10.9 Å². The van der Waals surface area contributed by atoms with Gasteiger partial charge in [0.25, 0.3) is 21.8 Å². The van der Waals surface area contributed by atoms with Crippen molar-refractivity contribution in [2.75, 3.05) is 16.6 Å². The zero-order chi connectivity index (χ0) is 23.1. The lowest BCUT2D eigenvalue weighted by molar-refractivity contribution is -0.120. The van der Waals surface area contributed by atoms with E-state index in [9.17, 15) is 18.0 Å². The second kappa shape index (κ2) is 10.2. The molecule has 0 atom stereocenters. The zero-order valence-electron chi connectivity index (χ0n) is 17.1. The molecule has 0 saturated heterocycles. The number of amides is 2. The third-order valence-electron chi connectivity index (χ3n) is 4.34. The second-order valence-electron chi connectivity index (χ2n) is 6.84. The molecule has 0 heterocycles. The minimum absolute atomic E-state index is 0.0545. The number of aryl methyl sites for hydroxylation is 1. The van der Waals surface area contributed by atoms with Crippen LogP contribution in [-0.2, 0) is 14.8 Å².